The second kappa shape index (κ2) is 9.99. The maximum absolute atomic E-state index is 14.8. The van der Waals surface area contributed by atoms with Crippen molar-refractivity contribution < 1.29 is 46.4 Å². The zero-order valence-corrected chi connectivity index (χ0v) is 21.4. The number of carboxylic acids is 1. The van der Waals surface area contributed by atoms with Crippen molar-refractivity contribution in [3.63, 3.8) is 0 Å². The van der Waals surface area contributed by atoms with E-state index in [4.69, 9.17) is 9.47 Å². The van der Waals surface area contributed by atoms with Crippen molar-refractivity contribution in [3.8, 4) is 22.9 Å². The van der Waals surface area contributed by atoms with Crippen LogP contribution in [0.4, 0.5) is 22.0 Å². The molecule has 40 heavy (non-hydrogen) atoms. The molecule has 5 rings (SSSR count). The quantitative estimate of drug-likeness (QED) is 0.330. The summed E-state index contributed by atoms with van der Waals surface area (Å²) in [6.07, 6.45) is -1.72. The average molecular weight is 565 g/mol. The molecule has 3 unspecified atom stereocenters. The van der Waals surface area contributed by atoms with Crippen LogP contribution < -0.4 is 9.47 Å². The van der Waals surface area contributed by atoms with Crippen molar-refractivity contribution in [1.82, 2.24) is 9.97 Å². The SMILES string of the molecule is CC(C)(O)CCOc1ncc(-c2cc(COc3cc4c(cn3)C3C(C4)C3C(=O)O)c(F)cc2C(F)(F)F)cc1F. The van der Waals surface area contributed by atoms with Crippen LogP contribution in [0.5, 0.6) is 11.8 Å². The number of carbonyl (C=O) groups is 1. The Morgan fingerprint density at radius 1 is 1.05 bits per heavy atom. The minimum absolute atomic E-state index is 0.00628. The molecule has 3 atom stereocenters. The summed E-state index contributed by atoms with van der Waals surface area (Å²) < 4.78 is 81.6. The lowest BCUT2D eigenvalue weighted by molar-refractivity contribution is -0.139. The fourth-order valence-electron chi connectivity index (χ4n) is 5.11. The van der Waals surface area contributed by atoms with E-state index in [1.54, 1.807) is 6.07 Å². The Balaban J connectivity index is 1.36. The standard InChI is InChI=1S/C28H25F5N2O5/c1-27(2,38)3-4-39-25-21(30)7-14(10-35-25)16-6-15(20(29)9-19(16)28(31,32)33)12-40-22-8-13-5-17-23(18(13)11-34-22)24(17)26(36)37/h6-11,17,23-24,38H,3-5,12H2,1-2H3,(H,36,37). The molecular formula is C28H25F5N2O5. The summed E-state index contributed by atoms with van der Waals surface area (Å²) in [5.41, 5.74) is -1.64. The van der Waals surface area contributed by atoms with E-state index in [0.29, 0.717) is 12.5 Å². The number of aromatic nitrogens is 2. The van der Waals surface area contributed by atoms with Crippen LogP contribution in [-0.2, 0) is 24.0 Å². The molecule has 0 aliphatic heterocycles. The van der Waals surface area contributed by atoms with E-state index < -0.39 is 58.9 Å². The van der Waals surface area contributed by atoms with Gasteiger partial charge in [0.1, 0.15) is 12.4 Å². The molecule has 3 aromatic rings. The van der Waals surface area contributed by atoms with E-state index in [1.165, 1.54) is 20.0 Å². The van der Waals surface area contributed by atoms with Crippen molar-refractivity contribution in [3.05, 3.63) is 70.5 Å². The second-order valence-electron chi connectivity index (χ2n) is 10.7. The third-order valence-corrected chi connectivity index (χ3v) is 7.21. The first-order chi connectivity index (χ1) is 18.7. The highest BCUT2D eigenvalue weighted by Gasteiger charge is 2.60. The number of ether oxygens (including phenoxy) is 2. The Bertz CT molecular complexity index is 1470. The molecule has 0 bridgehead atoms. The Morgan fingerprint density at radius 3 is 2.45 bits per heavy atom. The molecule has 212 valence electrons. The summed E-state index contributed by atoms with van der Waals surface area (Å²) >= 11 is 0. The van der Waals surface area contributed by atoms with E-state index >= 15 is 0 Å². The smallest absolute Gasteiger partial charge is 0.417 e. The van der Waals surface area contributed by atoms with Gasteiger partial charge >= 0.3 is 12.1 Å². The zero-order chi connectivity index (χ0) is 29.0. The highest BCUT2D eigenvalue weighted by Crippen LogP contribution is 2.61. The van der Waals surface area contributed by atoms with Crippen LogP contribution in [0, 0.1) is 23.5 Å². The predicted octanol–water partition coefficient (Wildman–Crippen LogP) is 5.53. The largest absolute Gasteiger partial charge is 0.481 e. The number of alkyl halides is 3. The molecule has 7 nitrogen and oxygen atoms in total. The van der Waals surface area contributed by atoms with Crippen molar-refractivity contribution in [1.29, 1.82) is 0 Å². The molecule has 0 amide bonds. The lowest BCUT2D eigenvalue weighted by Gasteiger charge is -2.18. The Hall–Kier alpha value is -3.80. The van der Waals surface area contributed by atoms with Gasteiger partial charge in [-0.3, -0.25) is 4.79 Å². The van der Waals surface area contributed by atoms with Crippen LogP contribution in [0.3, 0.4) is 0 Å². The molecule has 1 fully saturated rings. The average Bonchev–Trinajstić information content (AvgIpc) is 3.45. The van der Waals surface area contributed by atoms with Gasteiger partial charge in [0.15, 0.2) is 5.82 Å². The summed E-state index contributed by atoms with van der Waals surface area (Å²) in [7, 11) is 0. The van der Waals surface area contributed by atoms with Crippen LogP contribution in [0.1, 0.15) is 48.4 Å². The monoisotopic (exact) mass is 564 g/mol. The number of carboxylic acid groups (broad SMARTS) is 1. The first-order valence-corrected chi connectivity index (χ1v) is 12.5. The van der Waals surface area contributed by atoms with Gasteiger partial charge < -0.3 is 19.7 Å². The number of nitrogens with zero attached hydrogens (tertiary/aromatic N) is 2. The fraction of sp³-hybridized carbons (Fsp3) is 0.393. The van der Waals surface area contributed by atoms with Crippen molar-refractivity contribution in [2.75, 3.05) is 6.61 Å². The number of hydrogen-bond acceptors (Lipinski definition) is 6. The maximum Gasteiger partial charge on any atom is 0.417 e. The highest BCUT2D eigenvalue weighted by molar-refractivity contribution is 5.77. The van der Waals surface area contributed by atoms with Crippen molar-refractivity contribution in [2.24, 2.45) is 11.8 Å². The Kier molecular flexibility index (Phi) is 6.93. The Labute approximate surface area is 225 Å². The third kappa shape index (κ3) is 5.58. The summed E-state index contributed by atoms with van der Waals surface area (Å²) in [6.45, 7) is 2.55. The number of benzene rings is 1. The first kappa shape index (κ1) is 27.8. The summed E-state index contributed by atoms with van der Waals surface area (Å²) in [5, 5.41) is 19.0. The molecule has 0 spiro atoms. The summed E-state index contributed by atoms with van der Waals surface area (Å²) in [6, 6.07) is 3.70. The number of hydrogen-bond donors (Lipinski definition) is 2. The second-order valence-corrected chi connectivity index (χ2v) is 10.7. The number of rotatable bonds is 9. The van der Waals surface area contributed by atoms with Gasteiger partial charge in [-0.2, -0.15) is 13.2 Å². The lowest BCUT2D eigenvalue weighted by Crippen LogP contribution is -2.22. The van der Waals surface area contributed by atoms with Gasteiger partial charge in [-0.1, -0.05) is 0 Å². The fourth-order valence-corrected chi connectivity index (χ4v) is 5.11. The molecule has 0 radical (unpaired) electrons. The van der Waals surface area contributed by atoms with Crippen LogP contribution >= 0.6 is 0 Å². The number of aliphatic carboxylic acids is 1. The minimum Gasteiger partial charge on any atom is -0.481 e. The van der Waals surface area contributed by atoms with Crippen molar-refractivity contribution in [2.45, 2.75) is 51.0 Å². The van der Waals surface area contributed by atoms with Gasteiger partial charge in [0.25, 0.3) is 0 Å². The molecule has 2 aliphatic rings. The third-order valence-electron chi connectivity index (χ3n) is 7.21. The highest BCUT2D eigenvalue weighted by atomic mass is 19.4. The van der Waals surface area contributed by atoms with Gasteiger partial charge in [-0.25, -0.2) is 18.7 Å². The maximum atomic E-state index is 14.8. The van der Waals surface area contributed by atoms with Crippen LogP contribution in [-0.4, -0.2) is 38.4 Å². The number of aliphatic hydroxyl groups is 1. The number of halogens is 5. The lowest BCUT2D eigenvalue weighted by atomic mass is 9.97. The molecule has 2 heterocycles. The van der Waals surface area contributed by atoms with Crippen molar-refractivity contribution >= 4 is 5.97 Å². The molecule has 12 heteroatoms. The molecule has 1 aromatic carbocycles. The minimum atomic E-state index is -4.94. The van der Waals surface area contributed by atoms with E-state index in [1.807, 2.05) is 0 Å². The van der Waals surface area contributed by atoms with E-state index in [0.717, 1.165) is 29.5 Å². The van der Waals surface area contributed by atoms with Crippen LogP contribution in [0.25, 0.3) is 11.1 Å². The van der Waals surface area contributed by atoms with Gasteiger partial charge in [0.2, 0.25) is 11.8 Å². The first-order valence-electron chi connectivity index (χ1n) is 12.5. The predicted molar refractivity (Wildman–Crippen MR) is 131 cm³/mol. The molecule has 2 N–H and O–H groups in total. The molecule has 0 saturated heterocycles. The van der Waals surface area contributed by atoms with Gasteiger partial charge in [0, 0.05) is 41.9 Å². The molecule has 2 aromatic heterocycles. The number of pyridine rings is 2. The van der Waals surface area contributed by atoms with E-state index in [-0.39, 0.29) is 41.9 Å². The zero-order valence-electron chi connectivity index (χ0n) is 21.4. The normalized spacial score (nSPS) is 19.6. The summed E-state index contributed by atoms with van der Waals surface area (Å²) in [4.78, 5) is 19.2. The topological polar surface area (TPSA) is 102 Å². The van der Waals surface area contributed by atoms with Crippen LogP contribution in [0.2, 0.25) is 0 Å². The van der Waals surface area contributed by atoms with Crippen LogP contribution in [0.15, 0.2) is 36.7 Å². The molecular weight excluding hydrogens is 539 g/mol. The number of fused-ring (bicyclic) bond motifs is 3. The van der Waals surface area contributed by atoms with E-state index in [9.17, 15) is 37.0 Å². The summed E-state index contributed by atoms with van der Waals surface area (Å²) in [5.74, 6) is -3.86. The Morgan fingerprint density at radius 2 is 1.80 bits per heavy atom. The van der Waals surface area contributed by atoms with Gasteiger partial charge in [0.05, 0.1) is 23.7 Å². The molecule has 1 saturated carbocycles. The van der Waals surface area contributed by atoms with Gasteiger partial charge in [-0.15, -0.1) is 0 Å². The van der Waals surface area contributed by atoms with Gasteiger partial charge in [-0.05, 0) is 61.1 Å². The molecule has 2 aliphatic carbocycles. The van der Waals surface area contributed by atoms with E-state index in [2.05, 4.69) is 9.97 Å².